The number of nitrogens with zero attached hydrogens (tertiary/aromatic N) is 5. The highest BCUT2D eigenvalue weighted by atomic mass is 79.9. The van der Waals surface area contributed by atoms with Crippen molar-refractivity contribution in [3.63, 3.8) is 0 Å². The van der Waals surface area contributed by atoms with Gasteiger partial charge in [0.2, 0.25) is 5.16 Å². The Labute approximate surface area is 129 Å². The number of benzene rings is 1. The van der Waals surface area contributed by atoms with Gasteiger partial charge in [-0.1, -0.05) is 28.8 Å². The third kappa shape index (κ3) is 2.72. The summed E-state index contributed by atoms with van der Waals surface area (Å²) in [6.07, 6.45) is 4.72. The van der Waals surface area contributed by atoms with Gasteiger partial charge in [0, 0.05) is 9.37 Å². The van der Waals surface area contributed by atoms with Crippen LogP contribution in [0, 0.1) is 11.3 Å². The minimum Gasteiger partial charge on any atom is -0.217 e. The zero-order chi connectivity index (χ0) is 13.9. The zero-order valence-electron chi connectivity index (χ0n) is 10.7. The van der Waals surface area contributed by atoms with Crippen molar-refractivity contribution in [2.75, 3.05) is 0 Å². The highest BCUT2D eigenvalue weighted by Crippen LogP contribution is 2.35. The maximum Gasteiger partial charge on any atom is 0.214 e. The van der Waals surface area contributed by atoms with Crippen LogP contribution >= 0.6 is 27.7 Å². The Hall–Kier alpha value is -1.39. The third-order valence-electron chi connectivity index (χ3n) is 3.40. The monoisotopic (exact) mass is 349 g/mol. The SMILES string of the molecule is N#Cc1cc(Br)ccc1Sc1nnnn1C1CCCC1. The van der Waals surface area contributed by atoms with E-state index in [-0.39, 0.29) is 0 Å². The number of halogens is 1. The molecule has 1 saturated carbocycles. The smallest absolute Gasteiger partial charge is 0.214 e. The van der Waals surface area contributed by atoms with Crippen molar-refractivity contribution < 1.29 is 0 Å². The molecule has 0 saturated heterocycles. The van der Waals surface area contributed by atoms with Crippen LogP contribution in [0.2, 0.25) is 0 Å². The van der Waals surface area contributed by atoms with Crippen molar-refractivity contribution in [3.8, 4) is 6.07 Å². The standard InChI is InChI=1S/C13H12BrN5S/c14-10-5-6-12(9(7-10)8-15)20-13-16-17-18-19(13)11-3-1-2-4-11/h5-7,11H,1-4H2. The lowest BCUT2D eigenvalue weighted by Crippen LogP contribution is -2.08. The van der Waals surface area contributed by atoms with Crippen molar-refractivity contribution >= 4 is 27.7 Å². The molecular weight excluding hydrogens is 338 g/mol. The summed E-state index contributed by atoms with van der Waals surface area (Å²) in [5.41, 5.74) is 0.630. The van der Waals surface area contributed by atoms with Gasteiger partial charge in [-0.25, -0.2) is 4.68 Å². The van der Waals surface area contributed by atoms with Crippen molar-refractivity contribution in [2.24, 2.45) is 0 Å². The Kier molecular flexibility index (Phi) is 4.03. The molecule has 1 fully saturated rings. The van der Waals surface area contributed by atoms with E-state index in [2.05, 4.69) is 37.5 Å². The van der Waals surface area contributed by atoms with Crippen LogP contribution in [0.3, 0.4) is 0 Å². The quantitative estimate of drug-likeness (QED) is 0.847. The Morgan fingerprint density at radius 2 is 2.15 bits per heavy atom. The highest BCUT2D eigenvalue weighted by molar-refractivity contribution is 9.10. The fourth-order valence-corrected chi connectivity index (χ4v) is 3.67. The average molecular weight is 350 g/mol. The molecule has 1 aliphatic rings. The molecular formula is C13H12BrN5S. The number of tetrazole rings is 1. The van der Waals surface area contributed by atoms with E-state index in [1.807, 2.05) is 22.9 Å². The van der Waals surface area contributed by atoms with E-state index in [1.165, 1.54) is 24.6 Å². The van der Waals surface area contributed by atoms with E-state index >= 15 is 0 Å². The van der Waals surface area contributed by atoms with Crippen LogP contribution in [-0.4, -0.2) is 20.2 Å². The number of rotatable bonds is 3. The normalized spacial score (nSPS) is 15.4. The molecule has 0 spiro atoms. The molecule has 1 heterocycles. The van der Waals surface area contributed by atoms with Gasteiger partial charge in [0.15, 0.2) is 0 Å². The van der Waals surface area contributed by atoms with Gasteiger partial charge < -0.3 is 0 Å². The summed E-state index contributed by atoms with van der Waals surface area (Å²) in [6.45, 7) is 0. The van der Waals surface area contributed by atoms with Gasteiger partial charge in [0.05, 0.1) is 11.6 Å². The van der Waals surface area contributed by atoms with Crippen LogP contribution in [0.25, 0.3) is 0 Å². The van der Waals surface area contributed by atoms with Crippen molar-refractivity contribution in [2.45, 2.75) is 41.8 Å². The van der Waals surface area contributed by atoms with Crippen molar-refractivity contribution in [1.29, 1.82) is 5.26 Å². The van der Waals surface area contributed by atoms with Crippen molar-refractivity contribution in [3.05, 3.63) is 28.2 Å². The Bertz CT molecular complexity index is 657. The van der Waals surface area contributed by atoms with Gasteiger partial charge in [0.25, 0.3) is 0 Å². The Morgan fingerprint density at radius 1 is 1.35 bits per heavy atom. The van der Waals surface area contributed by atoms with E-state index in [4.69, 9.17) is 0 Å². The predicted octanol–water partition coefficient (Wildman–Crippen LogP) is 3.57. The maximum absolute atomic E-state index is 9.21. The molecule has 1 aliphatic carbocycles. The van der Waals surface area contributed by atoms with E-state index in [1.54, 1.807) is 0 Å². The molecule has 1 aromatic carbocycles. The van der Waals surface area contributed by atoms with Gasteiger partial charge in [-0.2, -0.15) is 5.26 Å². The lowest BCUT2D eigenvalue weighted by molar-refractivity contribution is 0.423. The van der Waals surface area contributed by atoms with Crippen LogP contribution in [0.5, 0.6) is 0 Å². The Balaban J connectivity index is 1.89. The van der Waals surface area contributed by atoms with Crippen LogP contribution in [0.1, 0.15) is 37.3 Å². The summed E-state index contributed by atoms with van der Waals surface area (Å²) in [5, 5.41) is 22.0. The zero-order valence-corrected chi connectivity index (χ0v) is 13.1. The van der Waals surface area contributed by atoms with E-state index in [9.17, 15) is 5.26 Å². The van der Waals surface area contributed by atoms with Gasteiger partial charge in [-0.05, 0) is 53.2 Å². The molecule has 0 radical (unpaired) electrons. The molecule has 102 valence electrons. The minimum atomic E-state index is 0.397. The van der Waals surface area contributed by atoms with Gasteiger partial charge in [-0.3, -0.25) is 0 Å². The fourth-order valence-electron chi connectivity index (χ4n) is 2.41. The molecule has 5 nitrogen and oxygen atoms in total. The topological polar surface area (TPSA) is 67.4 Å². The molecule has 0 atom stereocenters. The van der Waals surface area contributed by atoms with Gasteiger partial charge in [-0.15, -0.1) is 5.10 Å². The van der Waals surface area contributed by atoms with E-state index in [0.29, 0.717) is 11.6 Å². The second-order valence-electron chi connectivity index (χ2n) is 4.70. The first kappa shape index (κ1) is 13.6. The fraction of sp³-hybridized carbons (Fsp3) is 0.385. The molecule has 2 aromatic rings. The first-order valence-electron chi connectivity index (χ1n) is 6.43. The molecule has 7 heteroatoms. The minimum absolute atomic E-state index is 0.397. The van der Waals surface area contributed by atoms with E-state index < -0.39 is 0 Å². The lowest BCUT2D eigenvalue weighted by Gasteiger charge is -2.11. The third-order valence-corrected chi connectivity index (χ3v) is 4.92. The molecule has 3 rings (SSSR count). The molecule has 20 heavy (non-hydrogen) atoms. The number of hydrogen-bond acceptors (Lipinski definition) is 5. The van der Waals surface area contributed by atoms with Crippen molar-refractivity contribution in [1.82, 2.24) is 20.2 Å². The lowest BCUT2D eigenvalue weighted by atomic mass is 10.2. The summed E-state index contributed by atoms with van der Waals surface area (Å²) >= 11 is 4.83. The molecule has 0 unspecified atom stereocenters. The Morgan fingerprint density at radius 3 is 2.90 bits per heavy atom. The summed E-state index contributed by atoms with van der Waals surface area (Å²) < 4.78 is 2.80. The van der Waals surface area contributed by atoms with Crippen LogP contribution in [0.4, 0.5) is 0 Å². The first-order valence-corrected chi connectivity index (χ1v) is 8.04. The molecule has 1 aromatic heterocycles. The average Bonchev–Trinajstić information content (AvgIpc) is 3.11. The second-order valence-corrected chi connectivity index (χ2v) is 6.62. The number of nitriles is 1. The van der Waals surface area contributed by atoms with Gasteiger partial charge >= 0.3 is 0 Å². The number of aromatic nitrogens is 4. The molecule has 0 amide bonds. The molecule has 0 N–H and O–H groups in total. The summed E-state index contributed by atoms with van der Waals surface area (Å²) in [5.74, 6) is 0. The summed E-state index contributed by atoms with van der Waals surface area (Å²) in [6, 6.07) is 8.26. The molecule has 0 aliphatic heterocycles. The van der Waals surface area contributed by atoms with Crippen LogP contribution < -0.4 is 0 Å². The largest absolute Gasteiger partial charge is 0.217 e. The second kappa shape index (κ2) is 5.94. The predicted molar refractivity (Wildman–Crippen MR) is 78.3 cm³/mol. The van der Waals surface area contributed by atoms with E-state index in [0.717, 1.165) is 27.4 Å². The summed E-state index contributed by atoms with van der Waals surface area (Å²) in [4.78, 5) is 0.879. The highest BCUT2D eigenvalue weighted by Gasteiger charge is 2.22. The summed E-state index contributed by atoms with van der Waals surface area (Å²) in [7, 11) is 0. The van der Waals surface area contributed by atoms with Crippen LogP contribution in [0.15, 0.2) is 32.7 Å². The van der Waals surface area contributed by atoms with Crippen LogP contribution in [-0.2, 0) is 0 Å². The molecule has 0 bridgehead atoms. The first-order chi connectivity index (χ1) is 9.78. The number of hydrogen-bond donors (Lipinski definition) is 0. The maximum atomic E-state index is 9.21. The van der Waals surface area contributed by atoms with Gasteiger partial charge in [0.1, 0.15) is 6.07 Å².